The first-order valence-corrected chi connectivity index (χ1v) is 19.6. The fourth-order valence-corrected chi connectivity index (χ4v) is 9.20. The van der Waals surface area contributed by atoms with E-state index in [2.05, 4.69) is 198 Å². The lowest BCUT2D eigenvalue weighted by Gasteiger charge is -2.29. The van der Waals surface area contributed by atoms with Gasteiger partial charge in [-0.2, -0.15) is 0 Å². The first kappa shape index (κ1) is 32.2. The van der Waals surface area contributed by atoms with Gasteiger partial charge in [-0.3, -0.25) is 0 Å². The van der Waals surface area contributed by atoms with Crippen LogP contribution in [0.25, 0.3) is 64.3 Å². The number of fused-ring (bicyclic) bond motifs is 9. The number of hydrogen-bond acceptors (Lipinski definition) is 5. The van der Waals surface area contributed by atoms with Gasteiger partial charge in [0.2, 0.25) is 0 Å². The first-order valence-electron chi connectivity index (χ1n) is 18.8. The molecule has 0 bridgehead atoms. The van der Waals surface area contributed by atoms with Crippen molar-refractivity contribution in [2.45, 2.75) is 0 Å². The predicted octanol–water partition coefficient (Wildman–Crippen LogP) is 15.1. The molecule has 264 valence electrons. The van der Waals surface area contributed by atoms with Gasteiger partial charge < -0.3 is 14.2 Å². The number of benzene rings is 9. The zero-order valence-electron chi connectivity index (χ0n) is 30.2. The molecule has 11 rings (SSSR count). The van der Waals surface area contributed by atoms with E-state index in [1.807, 2.05) is 12.1 Å². The van der Waals surface area contributed by atoms with Gasteiger partial charge in [-0.1, -0.05) is 109 Å². The van der Waals surface area contributed by atoms with Crippen LogP contribution in [0.3, 0.4) is 0 Å². The second-order valence-corrected chi connectivity index (χ2v) is 15.0. The van der Waals surface area contributed by atoms with Crippen molar-refractivity contribution in [3.8, 4) is 10.6 Å². The predicted molar refractivity (Wildman–Crippen MR) is 237 cm³/mol. The van der Waals surface area contributed by atoms with Crippen LogP contribution in [0.1, 0.15) is 0 Å². The van der Waals surface area contributed by atoms with Gasteiger partial charge >= 0.3 is 0 Å². The zero-order chi connectivity index (χ0) is 37.0. The summed E-state index contributed by atoms with van der Waals surface area (Å²) >= 11 is 1.77. The van der Waals surface area contributed by atoms with E-state index in [1.54, 1.807) is 11.3 Å². The first-order chi connectivity index (χ1) is 27.8. The smallest absolute Gasteiger partial charge is 0.135 e. The summed E-state index contributed by atoms with van der Waals surface area (Å²) in [7, 11) is 0. The lowest BCUT2D eigenvalue weighted by Crippen LogP contribution is -2.13. The molecule has 2 heterocycles. The molecule has 0 radical (unpaired) electrons. The Labute approximate surface area is 327 Å². The summed E-state index contributed by atoms with van der Waals surface area (Å²) in [5.41, 5.74) is 10.3. The van der Waals surface area contributed by atoms with E-state index in [0.29, 0.717) is 0 Å². The fraction of sp³-hybridized carbons (Fsp3) is 0. The van der Waals surface area contributed by atoms with E-state index in [4.69, 9.17) is 9.40 Å². The minimum absolute atomic E-state index is 0.870. The van der Waals surface area contributed by atoms with Gasteiger partial charge in [-0.25, -0.2) is 4.98 Å². The molecule has 0 atom stereocenters. The van der Waals surface area contributed by atoms with Crippen LogP contribution in [-0.2, 0) is 0 Å². The second-order valence-electron chi connectivity index (χ2n) is 14.0. The maximum absolute atomic E-state index is 6.26. The lowest BCUT2D eigenvalue weighted by molar-refractivity contribution is 0.669. The molecule has 0 aliphatic rings. The van der Waals surface area contributed by atoms with Crippen molar-refractivity contribution in [1.29, 1.82) is 0 Å². The van der Waals surface area contributed by atoms with Crippen molar-refractivity contribution < 1.29 is 4.42 Å². The largest absolute Gasteiger partial charge is 0.456 e. The number of furan rings is 1. The van der Waals surface area contributed by atoms with Gasteiger partial charge in [0.1, 0.15) is 16.2 Å². The quantitative estimate of drug-likeness (QED) is 0.153. The highest BCUT2D eigenvalue weighted by atomic mass is 32.1. The molecule has 0 aliphatic heterocycles. The summed E-state index contributed by atoms with van der Waals surface area (Å²) in [6.45, 7) is 0. The minimum atomic E-state index is 0.870. The monoisotopic (exact) mass is 735 g/mol. The van der Waals surface area contributed by atoms with Gasteiger partial charge in [0.25, 0.3) is 0 Å². The average Bonchev–Trinajstić information content (AvgIpc) is 3.88. The Bertz CT molecular complexity index is 3090. The van der Waals surface area contributed by atoms with Gasteiger partial charge in [0.15, 0.2) is 0 Å². The third kappa shape index (κ3) is 5.40. The molecule has 9 aromatic carbocycles. The molecule has 0 amide bonds. The second kappa shape index (κ2) is 13.3. The molecule has 0 unspecified atom stereocenters. The fourth-order valence-electron chi connectivity index (χ4n) is 8.08. The summed E-state index contributed by atoms with van der Waals surface area (Å²) in [5.74, 6) is 0. The molecule has 4 nitrogen and oxygen atoms in total. The van der Waals surface area contributed by atoms with Crippen LogP contribution in [0.15, 0.2) is 205 Å². The van der Waals surface area contributed by atoms with Crippen LogP contribution in [0.5, 0.6) is 0 Å². The van der Waals surface area contributed by atoms with Crippen molar-refractivity contribution in [2.24, 2.45) is 0 Å². The molecule has 2 aromatic heterocycles. The Kier molecular flexibility index (Phi) is 7.64. The molecule has 11 aromatic rings. The van der Waals surface area contributed by atoms with Crippen LogP contribution in [0.2, 0.25) is 0 Å². The highest BCUT2D eigenvalue weighted by Crippen LogP contribution is 2.44. The number of anilines is 6. The van der Waals surface area contributed by atoms with Crippen molar-refractivity contribution in [2.75, 3.05) is 9.80 Å². The molecule has 56 heavy (non-hydrogen) atoms. The number of rotatable bonds is 7. The van der Waals surface area contributed by atoms with Crippen LogP contribution in [0, 0.1) is 0 Å². The van der Waals surface area contributed by atoms with E-state index in [0.717, 1.165) is 72.2 Å². The number of hydrogen-bond donors (Lipinski definition) is 0. The topological polar surface area (TPSA) is 32.5 Å². The Morgan fingerprint density at radius 1 is 0.357 bits per heavy atom. The average molecular weight is 736 g/mol. The minimum Gasteiger partial charge on any atom is -0.456 e. The molecule has 0 saturated carbocycles. The maximum atomic E-state index is 6.26. The normalized spacial score (nSPS) is 11.6. The third-order valence-electron chi connectivity index (χ3n) is 10.6. The molecule has 0 aliphatic carbocycles. The summed E-state index contributed by atoms with van der Waals surface area (Å²) in [6.07, 6.45) is 0. The van der Waals surface area contributed by atoms with Gasteiger partial charge in [-0.15, -0.1) is 11.3 Å². The van der Waals surface area contributed by atoms with Crippen LogP contribution >= 0.6 is 11.3 Å². The molecule has 5 heteroatoms. The van der Waals surface area contributed by atoms with Crippen molar-refractivity contribution in [3.63, 3.8) is 0 Å². The molecule has 0 saturated heterocycles. The Balaban J connectivity index is 1.06. The van der Waals surface area contributed by atoms with Crippen LogP contribution in [0.4, 0.5) is 34.1 Å². The summed E-state index contributed by atoms with van der Waals surface area (Å²) in [5, 5.41) is 8.13. The lowest BCUT2D eigenvalue weighted by atomic mass is 10.0. The van der Waals surface area contributed by atoms with E-state index in [-0.39, 0.29) is 0 Å². The van der Waals surface area contributed by atoms with Crippen molar-refractivity contribution in [1.82, 2.24) is 4.98 Å². The molecule has 0 spiro atoms. The van der Waals surface area contributed by atoms with Crippen molar-refractivity contribution in [3.05, 3.63) is 200 Å². The summed E-state index contributed by atoms with van der Waals surface area (Å²) < 4.78 is 7.48. The highest BCUT2D eigenvalue weighted by molar-refractivity contribution is 7.22. The van der Waals surface area contributed by atoms with Crippen molar-refractivity contribution >= 4 is 99.2 Å². The number of para-hydroxylation sites is 3. The van der Waals surface area contributed by atoms with E-state index >= 15 is 0 Å². The standard InChI is InChI=1S/C51H33N3OS/c1-3-14-35(15-4-1)53(36-16-5-2-6-17-36)38-18-13-19-39(32-38)54(40-30-31-48-46(33-40)43-22-11-12-25-47(43)55-48)37-28-26-34(27-29-37)51-52-49-44-23-9-7-20-41(44)42-21-8-10-24-45(42)50(49)56-51/h1-33H. The molecular weight excluding hydrogens is 703 g/mol. The van der Waals surface area contributed by atoms with Gasteiger partial charge in [0.05, 0.1) is 10.2 Å². The molecule has 0 N–H and O–H groups in total. The van der Waals surface area contributed by atoms with E-state index in [9.17, 15) is 0 Å². The Hall–Kier alpha value is -7.21. The van der Waals surface area contributed by atoms with E-state index < -0.39 is 0 Å². The molecule has 0 fully saturated rings. The Morgan fingerprint density at radius 2 is 0.839 bits per heavy atom. The maximum Gasteiger partial charge on any atom is 0.135 e. The van der Waals surface area contributed by atoms with E-state index in [1.165, 1.54) is 26.2 Å². The number of nitrogens with zero attached hydrogens (tertiary/aromatic N) is 3. The number of thiazole rings is 1. The number of aromatic nitrogens is 1. The summed E-state index contributed by atoms with van der Waals surface area (Å²) in [6, 6.07) is 70.8. The van der Waals surface area contributed by atoms with Gasteiger partial charge in [0, 0.05) is 61.2 Å². The summed E-state index contributed by atoms with van der Waals surface area (Å²) in [4.78, 5) is 9.93. The highest BCUT2D eigenvalue weighted by Gasteiger charge is 2.20. The third-order valence-corrected chi connectivity index (χ3v) is 11.8. The molecular formula is C51H33N3OS. The zero-order valence-corrected chi connectivity index (χ0v) is 31.0. The Morgan fingerprint density at radius 3 is 1.54 bits per heavy atom. The van der Waals surface area contributed by atoms with Gasteiger partial charge in [-0.05, 0) is 102 Å². The SMILES string of the molecule is c1ccc(N(c2ccccc2)c2cccc(N(c3ccc(-c4nc5c6ccccc6c6ccccc6c5s4)cc3)c3ccc4oc5ccccc5c4c3)c2)cc1. The van der Waals surface area contributed by atoms with Crippen LogP contribution < -0.4 is 9.80 Å². The van der Waals surface area contributed by atoms with Crippen LogP contribution in [-0.4, -0.2) is 4.98 Å².